The standard InChI is InChI=1S/C24H21ClN2O4S/c1-15-2-4-16(5-3-15)6-9-21(28)27-11-10-19-24(32-14-26-19)23(27)18-12-17(25)7-8-20(18)31-13-22(29)30/h2-9,12,14,23H,10-11,13H2,1H3,(H,29,30). The summed E-state index contributed by atoms with van der Waals surface area (Å²) in [6.45, 7) is 2.00. The number of fused-ring (bicyclic) bond motifs is 1. The number of aliphatic carboxylic acids is 1. The first-order valence-electron chi connectivity index (χ1n) is 10.0. The van der Waals surface area contributed by atoms with E-state index in [0.29, 0.717) is 29.3 Å². The lowest BCUT2D eigenvalue weighted by molar-refractivity contribution is -0.139. The Morgan fingerprint density at radius 1 is 1.28 bits per heavy atom. The van der Waals surface area contributed by atoms with Crippen molar-refractivity contribution < 1.29 is 19.4 Å². The Bertz CT molecular complexity index is 1170. The molecule has 1 aliphatic rings. The maximum absolute atomic E-state index is 13.3. The monoisotopic (exact) mass is 468 g/mol. The molecule has 0 saturated heterocycles. The van der Waals surface area contributed by atoms with Crippen LogP contribution in [-0.2, 0) is 16.0 Å². The summed E-state index contributed by atoms with van der Waals surface area (Å²) < 4.78 is 5.54. The summed E-state index contributed by atoms with van der Waals surface area (Å²) in [5.74, 6) is -0.857. The molecular formula is C24H21ClN2O4S. The van der Waals surface area contributed by atoms with Gasteiger partial charge in [0.2, 0.25) is 5.91 Å². The Morgan fingerprint density at radius 3 is 2.81 bits per heavy atom. The van der Waals surface area contributed by atoms with Crippen molar-refractivity contribution >= 4 is 40.9 Å². The van der Waals surface area contributed by atoms with Gasteiger partial charge in [0.25, 0.3) is 0 Å². The van der Waals surface area contributed by atoms with Crippen LogP contribution in [0.25, 0.3) is 6.08 Å². The largest absolute Gasteiger partial charge is 0.482 e. The van der Waals surface area contributed by atoms with Crippen LogP contribution in [-0.4, -0.2) is 40.0 Å². The van der Waals surface area contributed by atoms with Crippen molar-refractivity contribution in [2.75, 3.05) is 13.2 Å². The molecule has 32 heavy (non-hydrogen) atoms. The van der Waals surface area contributed by atoms with Crippen LogP contribution in [0, 0.1) is 6.92 Å². The van der Waals surface area contributed by atoms with E-state index < -0.39 is 18.6 Å². The third kappa shape index (κ3) is 4.84. The molecule has 2 heterocycles. The topological polar surface area (TPSA) is 79.7 Å². The molecule has 1 N–H and O–H groups in total. The van der Waals surface area contributed by atoms with Crippen molar-refractivity contribution in [2.45, 2.75) is 19.4 Å². The van der Waals surface area contributed by atoms with Gasteiger partial charge >= 0.3 is 5.97 Å². The predicted molar refractivity (Wildman–Crippen MR) is 124 cm³/mol. The Balaban J connectivity index is 1.71. The van der Waals surface area contributed by atoms with Gasteiger partial charge in [-0.3, -0.25) is 4.79 Å². The molecule has 8 heteroatoms. The highest BCUT2D eigenvalue weighted by Gasteiger charge is 2.35. The van der Waals surface area contributed by atoms with Gasteiger partial charge in [-0.25, -0.2) is 9.78 Å². The SMILES string of the molecule is Cc1ccc(C=CC(=O)N2CCc3ncsc3C2c2cc(Cl)ccc2OCC(=O)O)cc1. The first-order chi connectivity index (χ1) is 15.4. The number of aromatic nitrogens is 1. The minimum absolute atomic E-state index is 0.154. The van der Waals surface area contributed by atoms with Crippen molar-refractivity contribution in [1.29, 1.82) is 0 Å². The van der Waals surface area contributed by atoms with Crippen LogP contribution in [0.15, 0.2) is 54.1 Å². The number of hydrogen-bond acceptors (Lipinski definition) is 5. The summed E-state index contributed by atoms with van der Waals surface area (Å²) >= 11 is 7.74. The molecular weight excluding hydrogens is 448 g/mol. The number of nitrogens with zero attached hydrogens (tertiary/aromatic N) is 2. The molecule has 2 aromatic carbocycles. The van der Waals surface area contributed by atoms with E-state index in [2.05, 4.69) is 4.98 Å². The van der Waals surface area contributed by atoms with Crippen LogP contribution in [0.5, 0.6) is 5.75 Å². The number of carboxylic acids is 1. The van der Waals surface area contributed by atoms with Crippen LogP contribution in [0.1, 0.15) is 33.3 Å². The number of halogens is 1. The molecule has 0 aliphatic carbocycles. The molecule has 6 nitrogen and oxygen atoms in total. The first kappa shape index (κ1) is 22.0. The van der Waals surface area contributed by atoms with Crippen molar-refractivity contribution in [3.8, 4) is 5.75 Å². The molecule has 0 saturated carbocycles. The molecule has 0 bridgehead atoms. The normalized spacial score (nSPS) is 15.6. The van der Waals surface area contributed by atoms with Crippen LogP contribution in [0.4, 0.5) is 0 Å². The molecule has 1 aliphatic heterocycles. The second-order valence-electron chi connectivity index (χ2n) is 7.46. The smallest absolute Gasteiger partial charge is 0.341 e. The number of carbonyl (C=O) groups is 2. The fourth-order valence-electron chi connectivity index (χ4n) is 3.68. The fourth-order valence-corrected chi connectivity index (χ4v) is 4.82. The zero-order valence-corrected chi connectivity index (χ0v) is 18.9. The second-order valence-corrected chi connectivity index (χ2v) is 8.78. The lowest BCUT2D eigenvalue weighted by Crippen LogP contribution is -2.39. The Labute approximate surface area is 194 Å². The van der Waals surface area contributed by atoms with Gasteiger partial charge in [0.1, 0.15) is 5.75 Å². The van der Waals surface area contributed by atoms with E-state index >= 15 is 0 Å². The van der Waals surface area contributed by atoms with E-state index in [1.807, 2.05) is 31.2 Å². The molecule has 3 aromatic rings. The average Bonchev–Trinajstić information content (AvgIpc) is 3.26. The number of rotatable bonds is 6. The van der Waals surface area contributed by atoms with E-state index in [4.69, 9.17) is 21.4 Å². The van der Waals surface area contributed by atoms with Gasteiger partial charge in [0, 0.05) is 29.6 Å². The number of carbonyl (C=O) groups excluding carboxylic acids is 1. The lowest BCUT2D eigenvalue weighted by Gasteiger charge is -2.35. The van der Waals surface area contributed by atoms with Gasteiger partial charge in [-0.1, -0.05) is 41.4 Å². The van der Waals surface area contributed by atoms with Crippen molar-refractivity contribution in [3.63, 3.8) is 0 Å². The number of hydrogen-bond donors (Lipinski definition) is 1. The zero-order chi connectivity index (χ0) is 22.7. The number of ether oxygens (including phenoxy) is 1. The second kappa shape index (κ2) is 9.54. The number of benzene rings is 2. The average molecular weight is 469 g/mol. The van der Waals surface area contributed by atoms with E-state index in [-0.39, 0.29) is 5.91 Å². The third-order valence-corrected chi connectivity index (χ3v) is 6.38. The van der Waals surface area contributed by atoms with E-state index in [1.54, 1.807) is 40.8 Å². The Kier molecular flexibility index (Phi) is 6.58. The molecule has 0 fully saturated rings. The molecule has 1 aromatic heterocycles. The van der Waals surface area contributed by atoms with Crippen LogP contribution in [0.2, 0.25) is 5.02 Å². The molecule has 164 valence electrons. The summed E-state index contributed by atoms with van der Waals surface area (Å²) in [5.41, 5.74) is 5.41. The van der Waals surface area contributed by atoms with Gasteiger partial charge < -0.3 is 14.7 Å². The maximum Gasteiger partial charge on any atom is 0.341 e. The highest BCUT2D eigenvalue weighted by Crippen LogP contribution is 2.42. The zero-order valence-electron chi connectivity index (χ0n) is 17.3. The van der Waals surface area contributed by atoms with Gasteiger partial charge in [0.15, 0.2) is 6.61 Å². The first-order valence-corrected chi connectivity index (χ1v) is 11.3. The lowest BCUT2D eigenvalue weighted by atomic mass is 9.96. The Hall–Kier alpha value is -3.16. The number of thiazole rings is 1. The summed E-state index contributed by atoms with van der Waals surface area (Å²) in [5, 5.41) is 9.53. The van der Waals surface area contributed by atoms with E-state index in [1.165, 1.54) is 11.3 Å². The van der Waals surface area contributed by atoms with Gasteiger partial charge in [-0.05, 0) is 36.8 Å². The minimum atomic E-state index is -1.08. The molecule has 0 spiro atoms. The number of amides is 1. The molecule has 0 radical (unpaired) electrons. The van der Waals surface area contributed by atoms with E-state index in [9.17, 15) is 9.59 Å². The van der Waals surface area contributed by atoms with Gasteiger partial charge in [-0.15, -0.1) is 11.3 Å². The highest BCUT2D eigenvalue weighted by atomic mass is 35.5. The van der Waals surface area contributed by atoms with Gasteiger partial charge in [-0.2, -0.15) is 0 Å². The minimum Gasteiger partial charge on any atom is -0.482 e. The van der Waals surface area contributed by atoms with Crippen LogP contribution in [0.3, 0.4) is 0 Å². The van der Waals surface area contributed by atoms with Crippen LogP contribution >= 0.6 is 22.9 Å². The summed E-state index contributed by atoms with van der Waals surface area (Å²) in [7, 11) is 0. The molecule has 1 atom stereocenters. The summed E-state index contributed by atoms with van der Waals surface area (Å²) in [4.78, 5) is 31.5. The third-order valence-electron chi connectivity index (χ3n) is 5.22. The van der Waals surface area contributed by atoms with Crippen molar-refractivity contribution in [3.05, 3.63) is 86.3 Å². The molecule has 1 amide bonds. The quantitative estimate of drug-likeness (QED) is 0.528. The van der Waals surface area contributed by atoms with Gasteiger partial charge in [0.05, 0.1) is 22.1 Å². The van der Waals surface area contributed by atoms with E-state index in [0.717, 1.165) is 21.7 Å². The summed E-state index contributed by atoms with van der Waals surface area (Å²) in [6.07, 6.45) is 4.00. The molecule has 4 rings (SSSR count). The van der Waals surface area contributed by atoms with Crippen LogP contribution < -0.4 is 4.74 Å². The maximum atomic E-state index is 13.3. The van der Waals surface area contributed by atoms with Crippen molar-refractivity contribution in [1.82, 2.24) is 9.88 Å². The highest BCUT2D eigenvalue weighted by molar-refractivity contribution is 7.09. The number of carboxylic acid groups (broad SMARTS) is 1. The summed E-state index contributed by atoms with van der Waals surface area (Å²) in [6, 6.07) is 12.4. The number of aryl methyl sites for hydroxylation is 1. The van der Waals surface area contributed by atoms with Crippen molar-refractivity contribution in [2.24, 2.45) is 0 Å². The predicted octanol–water partition coefficient (Wildman–Crippen LogP) is 4.76. The Morgan fingerprint density at radius 2 is 2.06 bits per heavy atom. The fraction of sp³-hybridized carbons (Fsp3) is 0.208. The molecule has 1 unspecified atom stereocenters.